The molecule has 1 rings (SSSR count). The minimum absolute atomic E-state index is 0.0624. The van der Waals surface area contributed by atoms with Gasteiger partial charge in [-0.25, -0.2) is 0 Å². The Balaban J connectivity index is 1.78. The molecule has 1 aliphatic heterocycles. The van der Waals surface area contributed by atoms with Crippen LogP contribution in [0.1, 0.15) is 46.5 Å². The lowest BCUT2D eigenvalue weighted by Crippen LogP contribution is -2.35. The van der Waals surface area contributed by atoms with Crippen LogP contribution < -0.4 is 5.32 Å². The molecule has 0 spiro atoms. The van der Waals surface area contributed by atoms with Gasteiger partial charge in [-0.1, -0.05) is 20.8 Å². The zero-order valence-corrected chi connectivity index (χ0v) is 20.8. The Morgan fingerprint density at radius 1 is 0.765 bits per heavy atom. The normalized spacial score (nSPS) is 13.7. The standard InChI is InChI=1S/C24H40N2O8/c1-24(2,3)20(27)6-4-12-31-13-5-14-32-16-18-34-19-17-33-15-10-25-21(28)9-11-26-22(29)7-8-23(26)30/h7-8H,4-6,9-19H2,1-3H3,(H,25,28). The van der Waals surface area contributed by atoms with Gasteiger partial charge in [-0.2, -0.15) is 0 Å². The molecule has 10 nitrogen and oxygen atoms in total. The minimum Gasteiger partial charge on any atom is -0.381 e. The number of nitrogens with zero attached hydrogens (tertiary/aromatic N) is 1. The largest absolute Gasteiger partial charge is 0.381 e. The Morgan fingerprint density at radius 3 is 1.85 bits per heavy atom. The second kappa shape index (κ2) is 17.3. The number of carbonyl (C=O) groups is 4. The van der Waals surface area contributed by atoms with Gasteiger partial charge >= 0.3 is 0 Å². The first kappa shape index (κ1) is 29.9. The molecule has 1 N–H and O–H groups in total. The lowest BCUT2D eigenvalue weighted by atomic mass is 9.88. The number of ether oxygens (including phenoxy) is 4. The number of nitrogens with one attached hydrogen (secondary N) is 1. The highest BCUT2D eigenvalue weighted by Gasteiger charge is 2.23. The highest BCUT2D eigenvalue weighted by molar-refractivity contribution is 6.13. The van der Waals surface area contributed by atoms with Gasteiger partial charge in [-0.3, -0.25) is 24.1 Å². The molecule has 0 aliphatic carbocycles. The van der Waals surface area contributed by atoms with Crippen LogP contribution in [0.2, 0.25) is 0 Å². The smallest absolute Gasteiger partial charge is 0.253 e. The van der Waals surface area contributed by atoms with Crippen LogP contribution in [-0.4, -0.2) is 94.3 Å². The summed E-state index contributed by atoms with van der Waals surface area (Å²) in [5.74, 6) is -0.766. The maximum Gasteiger partial charge on any atom is 0.253 e. The molecule has 34 heavy (non-hydrogen) atoms. The Bertz CT molecular complexity index is 654. The van der Waals surface area contributed by atoms with E-state index in [0.29, 0.717) is 65.8 Å². The molecule has 3 amide bonds. The molecule has 1 heterocycles. The summed E-state index contributed by atoms with van der Waals surface area (Å²) < 4.78 is 21.8. The summed E-state index contributed by atoms with van der Waals surface area (Å²) in [5.41, 5.74) is -0.278. The van der Waals surface area contributed by atoms with Crippen molar-refractivity contribution >= 4 is 23.5 Å². The molecular weight excluding hydrogens is 444 g/mol. The molecule has 194 valence electrons. The maximum atomic E-state index is 11.8. The summed E-state index contributed by atoms with van der Waals surface area (Å²) >= 11 is 0. The van der Waals surface area contributed by atoms with E-state index in [0.717, 1.165) is 17.7 Å². The Morgan fingerprint density at radius 2 is 1.26 bits per heavy atom. The fourth-order valence-electron chi connectivity index (χ4n) is 2.83. The molecule has 0 aromatic rings. The molecule has 0 aromatic heterocycles. The van der Waals surface area contributed by atoms with Gasteiger partial charge < -0.3 is 24.3 Å². The van der Waals surface area contributed by atoms with E-state index < -0.39 is 11.8 Å². The van der Waals surface area contributed by atoms with E-state index in [1.807, 2.05) is 20.8 Å². The highest BCUT2D eigenvalue weighted by atomic mass is 16.5. The van der Waals surface area contributed by atoms with Crippen molar-refractivity contribution in [3.63, 3.8) is 0 Å². The number of hydrogen-bond donors (Lipinski definition) is 1. The Kier molecular flexibility index (Phi) is 15.2. The third-order valence-electron chi connectivity index (χ3n) is 4.88. The van der Waals surface area contributed by atoms with Crippen LogP contribution in [0.4, 0.5) is 0 Å². The Hall–Kier alpha value is -2.14. The zero-order valence-electron chi connectivity index (χ0n) is 20.8. The van der Waals surface area contributed by atoms with Crippen molar-refractivity contribution in [2.24, 2.45) is 5.41 Å². The predicted molar refractivity (Wildman–Crippen MR) is 125 cm³/mol. The van der Waals surface area contributed by atoms with E-state index in [4.69, 9.17) is 18.9 Å². The van der Waals surface area contributed by atoms with E-state index in [9.17, 15) is 19.2 Å². The van der Waals surface area contributed by atoms with Crippen molar-refractivity contribution in [1.29, 1.82) is 0 Å². The van der Waals surface area contributed by atoms with E-state index in [-0.39, 0.29) is 30.1 Å². The van der Waals surface area contributed by atoms with Crippen molar-refractivity contribution in [2.75, 3.05) is 65.9 Å². The fraction of sp³-hybridized carbons (Fsp3) is 0.750. The van der Waals surface area contributed by atoms with Crippen LogP contribution >= 0.6 is 0 Å². The summed E-state index contributed by atoms with van der Waals surface area (Å²) in [7, 11) is 0. The quantitative estimate of drug-likeness (QED) is 0.203. The summed E-state index contributed by atoms with van der Waals surface area (Å²) in [6.07, 6.45) is 4.55. The van der Waals surface area contributed by atoms with Crippen LogP contribution in [0, 0.1) is 5.41 Å². The molecule has 1 aliphatic rings. The number of Topliss-reactive ketones (excluding diaryl/α,β-unsaturated/α-hetero) is 1. The zero-order chi connectivity index (χ0) is 25.2. The highest BCUT2D eigenvalue weighted by Crippen LogP contribution is 2.17. The minimum atomic E-state index is -0.391. The van der Waals surface area contributed by atoms with Crippen LogP contribution in [0.3, 0.4) is 0 Å². The molecule has 0 aromatic carbocycles. The van der Waals surface area contributed by atoms with Crippen molar-refractivity contribution in [2.45, 2.75) is 46.5 Å². The van der Waals surface area contributed by atoms with Gasteiger partial charge in [0.2, 0.25) is 5.91 Å². The summed E-state index contributed by atoms with van der Waals surface area (Å²) in [6, 6.07) is 0. The molecule has 0 fully saturated rings. The van der Waals surface area contributed by atoms with Crippen molar-refractivity contribution in [3.05, 3.63) is 12.2 Å². The molecule has 0 saturated carbocycles. The lowest BCUT2D eigenvalue weighted by Gasteiger charge is -2.16. The molecule has 10 heteroatoms. The number of ketones is 1. The number of carbonyl (C=O) groups excluding carboxylic acids is 4. The van der Waals surface area contributed by atoms with Gasteiger partial charge in [-0.05, 0) is 12.8 Å². The van der Waals surface area contributed by atoms with E-state index >= 15 is 0 Å². The average Bonchev–Trinajstić information content (AvgIpc) is 3.10. The first-order valence-corrected chi connectivity index (χ1v) is 11.9. The maximum absolute atomic E-state index is 11.8. The van der Waals surface area contributed by atoms with Crippen molar-refractivity contribution in [3.8, 4) is 0 Å². The monoisotopic (exact) mass is 484 g/mol. The van der Waals surface area contributed by atoms with Gasteiger partial charge in [0.1, 0.15) is 5.78 Å². The van der Waals surface area contributed by atoms with Crippen molar-refractivity contribution in [1.82, 2.24) is 10.2 Å². The molecule has 0 radical (unpaired) electrons. The van der Waals surface area contributed by atoms with Gasteiger partial charge in [0.25, 0.3) is 11.8 Å². The molecule has 0 bridgehead atoms. The van der Waals surface area contributed by atoms with Crippen molar-refractivity contribution < 1.29 is 38.1 Å². The first-order valence-electron chi connectivity index (χ1n) is 11.9. The van der Waals surface area contributed by atoms with Crippen LogP contribution in [-0.2, 0) is 38.1 Å². The predicted octanol–water partition coefficient (Wildman–Crippen LogP) is 1.27. The van der Waals surface area contributed by atoms with Gasteiger partial charge in [0.15, 0.2) is 0 Å². The molecular formula is C24H40N2O8. The second-order valence-corrected chi connectivity index (χ2v) is 8.84. The van der Waals surface area contributed by atoms with Crippen LogP contribution in [0.25, 0.3) is 0 Å². The summed E-state index contributed by atoms with van der Waals surface area (Å²) in [6.45, 7) is 10.2. The van der Waals surface area contributed by atoms with Gasteiger partial charge in [0, 0.05) is 63.3 Å². The number of rotatable bonds is 20. The fourth-order valence-corrected chi connectivity index (χ4v) is 2.83. The average molecular weight is 485 g/mol. The first-order chi connectivity index (χ1) is 16.2. The third kappa shape index (κ3) is 14.2. The lowest BCUT2D eigenvalue weighted by molar-refractivity contribution is -0.137. The van der Waals surface area contributed by atoms with Gasteiger partial charge in [-0.15, -0.1) is 0 Å². The number of hydrogen-bond acceptors (Lipinski definition) is 8. The van der Waals surface area contributed by atoms with E-state index in [2.05, 4.69) is 5.32 Å². The number of imide groups is 1. The Labute approximate surface area is 202 Å². The van der Waals surface area contributed by atoms with Crippen LogP contribution in [0.15, 0.2) is 12.2 Å². The van der Waals surface area contributed by atoms with E-state index in [1.165, 1.54) is 12.2 Å². The summed E-state index contributed by atoms with van der Waals surface area (Å²) in [5, 5.41) is 2.67. The molecule has 0 unspecified atom stereocenters. The number of amides is 3. The third-order valence-corrected chi connectivity index (χ3v) is 4.88. The molecule has 0 saturated heterocycles. The van der Waals surface area contributed by atoms with E-state index in [1.54, 1.807) is 0 Å². The van der Waals surface area contributed by atoms with Gasteiger partial charge in [0.05, 0.1) is 33.0 Å². The van der Waals surface area contributed by atoms with Crippen LogP contribution in [0.5, 0.6) is 0 Å². The SMILES string of the molecule is CC(C)(C)C(=O)CCCOCCCOCCOCCOCCNC(=O)CCN1C(=O)C=CC1=O. The topological polar surface area (TPSA) is 120 Å². The second-order valence-electron chi connectivity index (χ2n) is 8.84. The molecule has 0 atom stereocenters. The summed E-state index contributed by atoms with van der Waals surface area (Å²) in [4.78, 5) is 47.3.